The van der Waals surface area contributed by atoms with E-state index in [9.17, 15) is 4.79 Å². The molecule has 1 aromatic heterocycles. The third-order valence-electron chi connectivity index (χ3n) is 3.24. The molecule has 0 aliphatic carbocycles. The standard InChI is InChI=1S/C16H11N3O3S/c20-16-19-15(14(23-16)6-10-2-1-5-17-8-10)18-11-3-4-12-13(7-11)22-9-21-12/h1-8H,9H2,(H,18,19,20)/b14-6-. The lowest BCUT2D eigenvalue weighted by atomic mass is 10.2. The van der Waals surface area contributed by atoms with Crippen molar-refractivity contribution in [2.75, 3.05) is 6.79 Å². The Morgan fingerprint density at radius 2 is 2.17 bits per heavy atom. The number of fused-ring (bicyclic) bond motifs is 1. The third-order valence-corrected chi connectivity index (χ3v) is 4.05. The molecule has 1 amide bonds. The Kier molecular flexibility index (Phi) is 3.47. The average molecular weight is 325 g/mol. The third kappa shape index (κ3) is 2.91. The number of thioether (sulfide) groups is 1. The van der Waals surface area contributed by atoms with Gasteiger partial charge in [0.15, 0.2) is 11.5 Å². The van der Waals surface area contributed by atoms with Gasteiger partial charge < -0.3 is 14.8 Å². The molecular formula is C16H11N3O3S. The predicted molar refractivity (Wildman–Crippen MR) is 88.0 cm³/mol. The number of carbonyl (C=O) groups is 1. The van der Waals surface area contributed by atoms with E-state index in [4.69, 9.17) is 9.47 Å². The molecule has 0 atom stereocenters. The molecule has 0 unspecified atom stereocenters. The van der Waals surface area contributed by atoms with Crippen LogP contribution in [0.15, 0.2) is 52.6 Å². The van der Waals surface area contributed by atoms with Gasteiger partial charge in [0, 0.05) is 18.5 Å². The van der Waals surface area contributed by atoms with Crippen LogP contribution < -0.4 is 14.8 Å². The number of aliphatic imine (C=N–C) groups is 1. The van der Waals surface area contributed by atoms with Crippen molar-refractivity contribution in [3.05, 3.63) is 53.2 Å². The van der Waals surface area contributed by atoms with Crippen molar-refractivity contribution in [1.82, 2.24) is 10.3 Å². The van der Waals surface area contributed by atoms with Gasteiger partial charge in [0.25, 0.3) is 5.24 Å². The maximum absolute atomic E-state index is 11.7. The summed E-state index contributed by atoms with van der Waals surface area (Å²) >= 11 is 1.11. The van der Waals surface area contributed by atoms with Crippen LogP contribution in [-0.4, -0.2) is 22.9 Å². The fourth-order valence-corrected chi connectivity index (χ4v) is 2.95. The van der Waals surface area contributed by atoms with E-state index in [0.29, 0.717) is 23.0 Å². The van der Waals surface area contributed by atoms with Gasteiger partial charge in [-0.15, -0.1) is 0 Å². The second kappa shape index (κ2) is 5.77. The molecule has 4 rings (SSSR count). The van der Waals surface area contributed by atoms with E-state index < -0.39 is 0 Å². The van der Waals surface area contributed by atoms with E-state index in [1.807, 2.05) is 24.3 Å². The van der Waals surface area contributed by atoms with Crippen LogP contribution in [0.5, 0.6) is 11.5 Å². The topological polar surface area (TPSA) is 72.8 Å². The monoisotopic (exact) mass is 325 g/mol. The van der Waals surface area contributed by atoms with Gasteiger partial charge in [0.1, 0.15) is 5.84 Å². The first-order valence-electron chi connectivity index (χ1n) is 6.87. The minimum Gasteiger partial charge on any atom is -0.454 e. The molecule has 0 radical (unpaired) electrons. The Bertz CT molecular complexity index is 834. The summed E-state index contributed by atoms with van der Waals surface area (Å²) in [4.78, 5) is 21.0. The first-order chi connectivity index (χ1) is 11.3. The number of hydrogen-bond acceptors (Lipinski definition) is 6. The fourth-order valence-electron chi connectivity index (χ4n) is 2.21. The van der Waals surface area contributed by atoms with Crippen LogP contribution in [0, 0.1) is 0 Å². The van der Waals surface area contributed by atoms with E-state index in [1.54, 1.807) is 24.5 Å². The zero-order valence-corrected chi connectivity index (χ0v) is 12.7. The van der Waals surface area contributed by atoms with Crippen molar-refractivity contribution in [2.45, 2.75) is 0 Å². The van der Waals surface area contributed by atoms with Crippen molar-refractivity contribution in [3.63, 3.8) is 0 Å². The molecule has 7 heteroatoms. The van der Waals surface area contributed by atoms with Crippen molar-refractivity contribution in [3.8, 4) is 11.5 Å². The van der Waals surface area contributed by atoms with Gasteiger partial charge in [-0.25, -0.2) is 4.99 Å². The van der Waals surface area contributed by atoms with Crippen LogP contribution in [-0.2, 0) is 0 Å². The second-order valence-electron chi connectivity index (χ2n) is 4.81. The number of hydrogen-bond donors (Lipinski definition) is 1. The summed E-state index contributed by atoms with van der Waals surface area (Å²) in [5, 5.41) is 2.60. The number of pyridine rings is 1. The molecule has 0 bridgehead atoms. The first kappa shape index (κ1) is 13.8. The summed E-state index contributed by atoms with van der Waals surface area (Å²) in [5.41, 5.74) is 1.59. The molecule has 3 heterocycles. The molecule has 0 saturated carbocycles. The van der Waals surface area contributed by atoms with Gasteiger partial charge in [-0.05, 0) is 41.6 Å². The molecule has 2 aliphatic rings. The van der Waals surface area contributed by atoms with E-state index in [0.717, 1.165) is 22.2 Å². The lowest BCUT2D eigenvalue weighted by Gasteiger charge is -2.01. The van der Waals surface area contributed by atoms with Gasteiger partial charge in [-0.3, -0.25) is 9.78 Å². The number of aromatic nitrogens is 1. The lowest BCUT2D eigenvalue weighted by Crippen LogP contribution is -2.18. The van der Waals surface area contributed by atoms with Gasteiger partial charge in [0.05, 0.1) is 10.6 Å². The van der Waals surface area contributed by atoms with Gasteiger partial charge in [-0.2, -0.15) is 0 Å². The minimum absolute atomic E-state index is 0.153. The number of amides is 1. The maximum atomic E-state index is 11.7. The molecule has 114 valence electrons. The number of ether oxygens (including phenoxy) is 2. The zero-order chi connectivity index (χ0) is 15.6. The Balaban J connectivity index is 1.68. The number of carbonyl (C=O) groups excluding carboxylic acids is 1. The molecule has 1 fully saturated rings. The normalized spacial score (nSPS) is 19.4. The summed E-state index contributed by atoms with van der Waals surface area (Å²) < 4.78 is 10.6. The van der Waals surface area contributed by atoms with Gasteiger partial charge in [-0.1, -0.05) is 6.07 Å². The molecule has 2 aliphatic heterocycles. The van der Waals surface area contributed by atoms with Crippen LogP contribution in [0.4, 0.5) is 10.5 Å². The Labute approximate surface area is 136 Å². The van der Waals surface area contributed by atoms with Crippen LogP contribution in [0.25, 0.3) is 6.08 Å². The molecule has 1 N–H and O–H groups in total. The van der Waals surface area contributed by atoms with Crippen LogP contribution in [0.2, 0.25) is 0 Å². The van der Waals surface area contributed by atoms with Crippen molar-refractivity contribution in [2.24, 2.45) is 4.99 Å². The minimum atomic E-state index is -0.153. The maximum Gasteiger partial charge on any atom is 0.289 e. The summed E-state index contributed by atoms with van der Waals surface area (Å²) in [6, 6.07) is 9.16. The van der Waals surface area contributed by atoms with Crippen LogP contribution in [0.3, 0.4) is 0 Å². The number of nitrogens with one attached hydrogen (secondary N) is 1. The highest BCUT2D eigenvalue weighted by atomic mass is 32.2. The number of amidine groups is 1. The molecule has 2 aromatic rings. The smallest absolute Gasteiger partial charge is 0.289 e. The van der Waals surface area contributed by atoms with Crippen molar-refractivity contribution in [1.29, 1.82) is 0 Å². The second-order valence-corrected chi connectivity index (χ2v) is 5.82. The highest BCUT2D eigenvalue weighted by Gasteiger charge is 2.24. The summed E-state index contributed by atoms with van der Waals surface area (Å²) in [5.74, 6) is 1.87. The molecule has 1 aromatic carbocycles. The van der Waals surface area contributed by atoms with E-state index in [2.05, 4.69) is 15.3 Å². The summed E-state index contributed by atoms with van der Waals surface area (Å²) in [7, 11) is 0. The molecule has 6 nitrogen and oxygen atoms in total. The predicted octanol–water partition coefficient (Wildman–Crippen LogP) is 3.34. The van der Waals surface area contributed by atoms with Crippen LogP contribution >= 0.6 is 11.8 Å². The highest BCUT2D eigenvalue weighted by molar-refractivity contribution is 8.18. The quantitative estimate of drug-likeness (QED) is 0.917. The Morgan fingerprint density at radius 1 is 1.26 bits per heavy atom. The van der Waals surface area contributed by atoms with E-state index in [-0.39, 0.29) is 12.0 Å². The number of benzene rings is 1. The summed E-state index contributed by atoms with van der Waals surface area (Å²) in [6.07, 6.45) is 5.31. The first-order valence-corrected chi connectivity index (χ1v) is 7.69. The molecular weight excluding hydrogens is 314 g/mol. The van der Waals surface area contributed by atoms with Gasteiger partial charge >= 0.3 is 0 Å². The highest BCUT2D eigenvalue weighted by Crippen LogP contribution is 2.36. The largest absolute Gasteiger partial charge is 0.454 e. The summed E-state index contributed by atoms with van der Waals surface area (Å²) in [6.45, 7) is 0.216. The average Bonchev–Trinajstić information content (AvgIpc) is 3.15. The van der Waals surface area contributed by atoms with E-state index in [1.165, 1.54) is 0 Å². The SMILES string of the molecule is O=C1NC(=Nc2ccc3c(c2)OCO3)/C(=C/c2cccnc2)S1. The Hall–Kier alpha value is -2.80. The molecule has 23 heavy (non-hydrogen) atoms. The lowest BCUT2D eigenvalue weighted by molar-refractivity contribution is 0.174. The van der Waals surface area contributed by atoms with Crippen LogP contribution in [0.1, 0.15) is 5.56 Å². The number of rotatable bonds is 2. The molecule has 1 saturated heterocycles. The Morgan fingerprint density at radius 3 is 3.04 bits per heavy atom. The number of nitrogens with zero attached hydrogens (tertiary/aromatic N) is 2. The van der Waals surface area contributed by atoms with Crippen molar-refractivity contribution < 1.29 is 14.3 Å². The van der Waals surface area contributed by atoms with Gasteiger partial charge in [0.2, 0.25) is 6.79 Å². The zero-order valence-electron chi connectivity index (χ0n) is 11.9. The van der Waals surface area contributed by atoms with Crippen molar-refractivity contribution >= 4 is 34.6 Å². The molecule has 0 spiro atoms. The fraction of sp³-hybridized carbons (Fsp3) is 0.0625. The van der Waals surface area contributed by atoms with E-state index >= 15 is 0 Å².